The van der Waals surface area contributed by atoms with E-state index >= 15 is 0 Å². The molecule has 10 heteroatoms. The zero-order valence-corrected chi connectivity index (χ0v) is 23.1. The van der Waals surface area contributed by atoms with E-state index in [9.17, 15) is 8.42 Å². The van der Waals surface area contributed by atoms with E-state index in [0.717, 1.165) is 39.6 Å². The first-order chi connectivity index (χ1) is 18.7. The van der Waals surface area contributed by atoms with E-state index < -0.39 is 10.0 Å². The van der Waals surface area contributed by atoms with Crippen molar-refractivity contribution in [3.05, 3.63) is 90.6 Å². The van der Waals surface area contributed by atoms with E-state index in [2.05, 4.69) is 19.9 Å². The maximum Gasteiger partial charge on any atom is 0.264 e. The fourth-order valence-corrected chi connectivity index (χ4v) is 5.46. The molecule has 0 spiro atoms. The van der Waals surface area contributed by atoms with Gasteiger partial charge in [-0.25, -0.2) is 18.4 Å². The zero-order valence-electron chi connectivity index (χ0n) is 22.3. The molecule has 0 aliphatic heterocycles. The van der Waals surface area contributed by atoms with Gasteiger partial charge in [0.2, 0.25) is 0 Å². The van der Waals surface area contributed by atoms with Gasteiger partial charge >= 0.3 is 0 Å². The molecule has 2 aromatic carbocycles. The Balaban J connectivity index is 1.31. The molecule has 0 saturated heterocycles. The summed E-state index contributed by atoms with van der Waals surface area (Å²) in [5, 5.41) is 0. The van der Waals surface area contributed by atoms with Gasteiger partial charge in [0.05, 0.1) is 23.2 Å². The van der Waals surface area contributed by atoms with Crippen molar-refractivity contribution in [2.24, 2.45) is 0 Å². The first-order valence-corrected chi connectivity index (χ1v) is 13.9. The number of fused-ring (bicyclic) bond motifs is 1. The largest absolute Gasteiger partial charge is 0.497 e. The summed E-state index contributed by atoms with van der Waals surface area (Å²) in [5.41, 5.74) is 5.69. The minimum atomic E-state index is -3.71. The van der Waals surface area contributed by atoms with Crippen molar-refractivity contribution >= 4 is 32.6 Å². The molecule has 0 aliphatic rings. The van der Waals surface area contributed by atoms with Crippen molar-refractivity contribution < 1.29 is 13.2 Å². The van der Waals surface area contributed by atoms with E-state index in [1.807, 2.05) is 49.3 Å². The Hall–Kier alpha value is -4.44. The van der Waals surface area contributed by atoms with Crippen molar-refractivity contribution in [1.82, 2.24) is 19.9 Å². The molecule has 39 heavy (non-hydrogen) atoms. The Morgan fingerprint density at radius 2 is 1.56 bits per heavy atom. The molecule has 9 nitrogen and oxygen atoms in total. The van der Waals surface area contributed by atoms with Crippen LogP contribution in [0.2, 0.25) is 0 Å². The van der Waals surface area contributed by atoms with Gasteiger partial charge in [0, 0.05) is 63.0 Å². The first-order valence-electron chi connectivity index (χ1n) is 12.4. The molecule has 0 aliphatic carbocycles. The maximum absolute atomic E-state index is 13.3. The number of hydrogen-bond donors (Lipinski definition) is 1. The van der Waals surface area contributed by atoms with Crippen molar-refractivity contribution in [3.63, 3.8) is 0 Å². The number of methoxy groups -OCH3 is 1. The molecule has 0 saturated carbocycles. The van der Waals surface area contributed by atoms with Crippen molar-refractivity contribution in [2.75, 3.05) is 37.5 Å². The topological polar surface area (TPSA) is 104 Å². The van der Waals surface area contributed by atoms with Crippen LogP contribution in [0.25, 0.3) is 22.3 Å². The summed E-state index contributed by atoms with van der Waals surface area (Å²) in [4.78, 5) is 19.0. The van der Waals surface area contributed by atoms with Crippen molar-refractivity contribution in [2.45, 2.75) is 17.7 Å². The molecular weight excluding hydrogens is 512 g/mol. The zero-order chi connectivity index (χ0) is 27.6. The van der Waals surface area contributed by atoms with Gasteiger partial charge in [-0.2, -0.15) is 0 Å². The van der Waals surface area contributed by atoms with E-state index in [4.69, 9.17) is 4.74 Å². The first kappa shape index (κ1) is 26.2. The van der Waals surface area contributed by atoms with Crippen LogP contribution in [0.3, 0.4) is 0 Å². The third-order valence-corrected chi connectivity index (χ3v) is 8.40. The van der Waals surface area contributed by atoms with Gasteiger partial charge < -0.3 is 14.6 Å². The lowest BCUT2D eigenvalue weighted by molar-refractivity contribution is 0.413. The summed E-state index contributed by atoms with van der Waals surface area (Å²) in [5.74, 6) is 1.60. The summed E-state index contributed by atoms with van der Waals surface area (Å²) in [6.45, 7) is 0. The Morgan fingerprint density at radius 1 is 0.846 bits per heavy atom. The number of nitrogens with zero attached hydrogens (tertiary/aromatic N) is 5. The molecule has 3 heterocycles. The number of H-pyrrole nitrogens is 1. The second kappa shape index (κ2) is 10.7. The van der Waals surface area contributed by atoms with Gasteiger partial charge in [-0.05, 0) is 60.5 Å². The van der Waals surface area contributed by atoms with Gasteiger partial charge in [-0.1, -0.05) is 12.1 Å². The second-order valence-electron chi connectivity index (χ2n) is 9.37. The molecular formula is C29H30N6O3S. The number of imidazole rings is 1. The molecule has 1 N–H and O–H groups in total. The molecule has 0 bridgehead atoms. The average Bonchev–Trinajstić information content (AvgIpc) is 3.38. The predicted molar refractivity (Wildman–Crippen MR) is 154 cm³/mol. The number of nitrogens with one attached hydrogen (secondary N) is 1. The van der Waals surface area contributed by atoms with Gasteiger partial charge in [0.1, 0.15) is 11.6 Å². The highest BCUT2D eigenvalue weighted by atomic mass is 32.2. The Labute approximate surface area is 228 Å². The molecule has 0 radical (unpaired) electrons. The van der Waals surface area contributed by atoms with Crippen molar-refractivity contribution in [1.29, 1.82) is 0 Å². The number of aryl methyl sites for hydroxylation is 2. The van der Waals surface area contributed by atoms with Crippen molar-refractivity contribution in [3.8, 4) is 16.9 Å². The number of rotatable bonds is 9. The van der Waals surface area contributed by atoms with E-state index in [-0.39, 0.29) is 4.90 Å². The van der Waals surface area contributed by atoms with Crippen LogP contribution in [0.1, 0.15) is 11.5 Å². The number of pyridine rings is 2. The van der Waals surface area contributed by atoms with Gasteiger partial charge in [-0.3, -0.25) is 9.29 Å². The number of ether oxygens (including phenoxy) is 1. The summed E-state index contributed by atoms with van der Waals surface area (Å²) >= 11 is 0. The Kier molecular flexibility index (Phi) is 7.21. The lowest BCUT2D eigenvalue weighted by Gasteiger charge is -2.21. The SMILES string of the molecule is COc1ccnc(CCc2nc3ncc(-c4ccc(S(=O)(=O)N(C)c5ccc(N(C)C)cc5)cc4)cc3[nH]2)c1. The monoisotopic (exact) mass is 542 g/mol. The van der Waals surface area contributed by atoms with Crippen LogP contribution in [0.4, 0.5) is 11.4 Å². The number of aromatic amines is 1. The molecule has 200 valence electrons. The number of hydrogen-bond acceptors (Lipinski definition) is 7. The highest BCUT2D eigenvalue weighted by molar-refractivity contribution is 7.92. The average molecular weight is 543 g/mol. The molecule has 5 aromatic rings. The second-order valence-corrected chi connectivity index (χ2v) is 11.3. The Morgan fingerprint density at radius 3 is 2.26 bits per heavy atom. The third kappa shape index (κ3) is 5.56. The maximum atomic E-state index is 13.3. The number of sulfonamides is 1. The quantitative estimate of drug-likeness (QED) is 0.288. The molecule has 0 fully saturated rings. The van der Waals surface area contributed by atoms with Gasteiger partial charge in [0.15, 0.2) is 5.65 Å². The highest BCUT2D eigenvalue weighted by Crippen LogP contribution is 2.27. The van der Waals surface area contributed by atoms with Crippen LogP contribution < -0.4 is 13.9 Å². The van der Waals surface area contributed by atoms with Crippen LogP contribution >= 0.6 is 0 Å². The predicted octanol–water partition coefficient (Wildman–Crippen LogP) is 4.70. The Bertz CT molecular complexity index is 1700. The standard InChI is InChI=1S/C29H30N6O3S/c1-34(2)23-8-10-24(11-9-23)35(3)39(36,37)26-12-5-20(6-13-26)21-17-27-29(31-19-21)33-28(32-27)14-7-22-18-25(38-4)15-16-30-22/h5-6,8-13,15-19H,7,14H2,1-4H3,(H,31,32,33). The summed E-state index contributed by atoms with van der Waals surface area (Å²) < 4.78 is 33.1. The molecule has 0 unspecified atom stereocenters. The number of aromatic nitrogens is 4. The molecule has 0 amide bonds. The van der Waals surface area contributed by atoms with Crippen LogP contribution in [0, 0.1) is 0 Å². The minimum Gasteiger partial charge on any atom is -0.497 e. The minimum absolute atomic E-state index is 0.217. The fraction of sp³-hybridized carbons (Fsp3) is 0.207. The summed E-state index contributed by atoms with van der Waals surface area (Å²) in [7, 11) is 3.37. The van der Waals surface area contributed by atoms with E-state index in [1.54, 1.807) is 62.9 Å². The number of benzene rings is 2. The van der Waals surface area contributed by atoms with Crippen LogP contribution in [0.15, 0.2) is 84.0 Å². The van der Waals surface area contributed by atoms with Gasteiger partial charge in [0.25, 0.3) is 10.0 Å². The van der Waals surface area contributed by atoms with Crippen LogP contribution in [0.5, 0.6) is 5.75 Å². The summed E-state index contributed by atoms with van der Waals surface area (Å²) in [6, 6.07) is 19.9. The third-order valence-electron chi connectivity index (χ3n) is 6.60. The molecule has 5 rings (SSSR count). The lowest BCUT2D eigenvalue weighted by Crippen LogP contribution is -2.26. The lowest BCUT2D eigenvalue weighted by atomic mass is 10.1. The van der Waals surface area contributed by atoms with E-state index in [0.29, 0.717) is 24.2 Å². The van der Waals surface area contributed by atoms with E-state index in [1.165, 1.54) is 4.31 Å². The normalized spacial score (nSPS) is 11.5. The van der Waals surface area contributed by atoms with Crippen LogP contribution in [-0.2, 0) is 22.9 Å². The van der Waals surface area contributed by atoms with Gasteiger partial charge in [-0.15, -0.1) is 0 Å². The molecule has 0 atom stereocenters. The van der Waals surface area contributed by atoms with Crippen LogP contribution in [-0.4, -0.2) is 56.6 Å². The summed E-state index contributed by atoms with van der Waals surface area (Å²) in [6.07, 6.45) is 4.88. The molecule has 3 aromatic heterocycles. The smallest absolute Gasteiger partial charge is 0.264 e. The number of anilines is 2. The fourth-order valence-electron chi connectivity index (χ4n) is 4.27. The highest BCUT2D eigenvalue weighted by Gasteiger charge is 2.21.